The minimum absolute atomic E-state index is 0.0903. The Kier molecular flexibility index (Phi) is 1.45. The summed E-state index contributed by atoms with van der Waals surface area (Å²) in [6.07, 6.45) is 1.56. The first-order chi connectivity index (χ1) is 3.43. The second-order valence-electron chi connectivity index (χ2n) is 1.19. The van der Waals surface area contributed by atoms with E-state index in [4.69, 9.17) is 9.30 Å². The van der Waals surface area contributed by atoms with Crippen molar-refractivity contribution in [2.24, 2.45) is 0 Å². The normalized spacial score (nSPS) is 10.4. The number of aliphatic hydroxyl groups excluding tert-OH is 1. The fourth-order valence-electron chi connectivity index (χ4n) is 0.305. The zero-order chi connectivity index (χ0) is 5.11. The molecule has 7 heavy (non-hydrogen) atoms. The van der Waals surface area contributed by atoms with Crippen LogP contribution in [0, 0.1) is 0 Å². The highest BCUT2D eigenvalue weighted by Gasteiger charge is 1.86. The van der Waals surface area contributed by atoms with Crippen LogP contribution in [0.3, 0.4) is 0 Å². The Labute approximate surface area is 43.0 Å². The van der Waals surface area contributed by atoms with E-state index in [1.165, 1.54) is 0 Å². The van der Waals surface area contributed by atoms with Gasteiger partial charge in [0.05, 0.1) is 6.61 Å². The van der Waals surface area contributed by atoms with Crippen molar-refractivity contribution in [1.82, 2.24) is 0 Å². The summed E-state index contributed by atoms with van der Waals surface area (Å²) in [6.45, 7) is 0.0903. The van der Waals surface area contributed by atoms with Gasteiger partial charge in [-0.2, -0.15) is 0 Å². The molecule has 0 radical (unpaired) electrons. The van der Waals surface area contributed by atoms with Gasteiger partial charge in [0.15, 0.2) is 0 Å². The van der Waals surface area contributed by atoms with Gasteiger partial charge in [0.2, 0.25) is 0 Å². The van der Waals surface area contributed by atoms with Crippen LogP contribution in [-0.4, -0.2) is 5.11 Å². The second-order valence-corrected chi connectivity index (χ2v) is 1.87. The van der Waals surface area contributed by atoms with Gasteiger partial charge in [-0.05, 0) is 0 Å². The second kappa shape index (κ2) is 2.10. The molecule has 0 spiro atoms. The highest BCUT2D eigenvalue weighted by molar-refractivity contribution is 7.22. The van der Waals surface area contributed by atoms with Crippen LogP contribution < -0.4 is 0 Å². The third-order valence-corrected chi connectivity index (χ3v) is 1.33. The molecule has 1 N–H and O–H groups in total. The topological polar surface area (TPSA) is 33.4 Å². The van der Waals surface area contributed by atoms with Crippen LogP contribution in [0.2, 0.25) is 0 Å². The number of hydrogen-bond donors (Lipinski definition) is 1. The van der Waals surface area contributed by atoms with Gasteiger partial charge in [-0.1, -0.05) is 0 Å². The Bertz CT molecular complexity index is 124. The van der Waals surface area contributed by atoms with E-state index < -0.39 is 0 Å². The van der Waals surface area contributed by atoms with Gasteiger partial charge in [-0.15, -0.1) is 0 Å². The Morgan fingerprint density at radius 3 is 3.00 bits per heavy atom. The maximum Gasteiger partial charge on any atom is 0.124 e. The fraction of sp³-hybridized carbons (Fsp3) is 0.250. The predicted molar refractivity (Wildman–Crippen MR) is 27.1 cm³/mol. The van der Waals surface area contributed by atoms with E-state index in [1.807, 2.05) is 5.80 Å². The molecule has 0 saturated heterocycles. The minimum Gasteiger partial charge on any atom is -0.447 e. The molecule has 0 aliphatic carbocycles. The number of aliphatic hydroxyl groups is 1. The van der Waals surface area contributed by atoms with Crippen LogP contribution in [0.15, 0.2) is 16.3 Å². The van der Waals surface area contributed by atoms with Crippen molar-refractivity contribution in [3.8, 4) is 0 Å². The Hall–Kier alpha value is -0.330. The summed E-state index contributed by atoms with van der Waals surface area (Å²) in [5.74, 6) is 1.82. The van der Waals surface area contributed by atoms with Crippen LogP contribution in [-0.2, 0) is 6.61 Å². The van der Waals surface area contributed by atoms with E-state index >= 15 is 0 Å². The quantitative estimate of drug-likeness (QED) is 0.600. The summed E-state index contributed by atoms with van der Waals surface area (Å²) in [4.78, 5) is 0. The van der Waals surface area contributed by atoms with E-state index in [2.05, 4.69) is 0 Å². The Balaban J connectivity index is 2.76. The molecule has 0 unspecified atom stereocenters. The molecule has 38 valence electrons. The predicted octanol–water partition coefficient (Wildman–Crippen LogP) is 1.35. The van der Waals surface area contributed by atoms with Crippen LogP contribution in [0.5, 0.6) is 0 Å². The maximum absolute atomic E-state index is 8.38. The first-order valence-electron chi connectivity index (χ1n) is 1.92. The fourth-order valence-corrected chi connectivity index (χ4v) is 0.840. The monoisotopic (exact) mass is 116 g/mol. The zero-order valence-corrected chi connectivity index (χ0v) is 4.56. The summed E-state index contributed by atoms with van der Waals surface area (Å²) < 4.78 is 4.74. The van der Waals surface area contributed by atoms with Gasteiger partial charge in [0.25, 0.3) is 0 Å². The lowest BCUT2D eigenvalue weighted by Gasteiger charge is -1.76. The van der Waals surface area contributed by atoms with Gasteiger partial charge in [-0.25, -0.2) is 0 Å². The highest BCUT2D eigenvalue weighted by atomic mass is 31.1. The molecule has 0 aromatic carbocycles. The van der Waals surface area contributed by atoms with Crippen LogP contribution >= 0.6 is 8.43 Å². The summed E-state index contributed by atoms with van der Waals surface area (Å²) in [6, 6.07) is 0. The smallest absolute Gasteiger partial charge is 0.124 e. The molecular weight excluding hydrogens is 111 g/mol. The molecule has 0 aliphatic rings. The van der Waals surface area contributed by atoms with Crippen molar-refractivity contribution in [1.29, 1.82) is 0 Å². The van der Waals surface area contributed by atoms with Crippen LogP contribution in [0.4, 0.5) is 0 Å². The lowest BCUT2D eigenvalue weighted by Crippen LogP contribution is -1.71. The van der Waals surface area contributed by atoms with Gasteiger partial charge in [-0.3, -0.25) is 0 Å². The molecule has 0 atom stereocenters. The first kappa shape index (κ1) is 4.82. The molecule has 1 aromatic rings. The number of rotatable bonds is 1. The largest absolute Gasteiger partial charge is 0.447 e. The molecule has 1 heterocycles. The third-order valence-electron chi connectivity index (χ3n) is 0.666. The molecule has 3 heteroatoms. The average molecular weight is 116 g/mol. The maximum atomic E-state index is 8.38. The van der Waals surface area contributed by atoms with Gasteiger partial charge in [0.1, 0.15) is 14.7 Å². The van der Waals surface area contributed by atoms with E-state index in [9.17, 15) is 0 Å². The standard InChI is InChI=1S/C4H5O2P/c5-1-4-2-6-7-3-4/h2-3,5H,1H2. The molecule has 0 aliphatic heterocycles. The Morgan fingerprint density at radius 1 is 1.86 bits per heavy atom. The molecule has 1 rings (SSSR count). The SMILES string of the molecule is OCc1copc1. The molecule has 0 fully saturated rings. The average Bonchev–Trinajstić information content (AvgIpc) is 2.14. The lowest BCUT2D eigenvalue weighted by atomic mass is 10.4. The molecule has 2 nitrogen and oxygen atoms in total. The van der Waals surface area contributed by atoms with Gasteiger partial charge < -0.3 is 9.30 Å². The van der Waals surface area contributed by atoms with E-state index in [1.54, 1.807) is 6.26 Å². The van der Waals surface area contributed by atoms with Crippen molar-refractivity contribution >= 4 is 8.43 Å². The van der Waals surface area contributed by atoms with Crippen LogP contribution in [0.1, 0.15) is 5.56 Å². The molecule has 0 amide bonds. The van der Waals surface area contributed by atoms with Gasteiger partial charge >= 0.3 is 0 Å². The minimum atomic E-state index is 0.0903. The van der Waals surface area contributed by atoms with Crippen LogP contribution in [0.25, 0.3) is 0 Å². The molecule has 0 saturated carbocycles. The van der Waals surface area contributed by atoms with Gasteiger partial charge in [0, 0.05) is 11.4 Å². The zero-order valence-electron chi connectivity index (χ0n) is 3.66. The highest BCUT2D eigenvalue weighted by Crippen LogP contribution is 2.09. The Morgan fingerprint density at radius 2 is 2.71 bits per heavy atom. The van der Waals surface area contributed by atoms with E-state index in [-0.39, 0.29) is 6.61 Å². The van der Waals surface area contributed by atoms with Crippen molar-refractivity contribution in [2.75, 3.05) is 0 Å². The lowest BCUT2D eigenvalue weighted by molar-refractivity contribution is 0.280. The van der Waals surface area contributed by atoms with Crippen molar-refractivity contribution in [3.05, 3.63) is 17.6 Å². The number of hydrogen-bond acceptors (Lipinski definition) is 2. The molecule has 1 aromatic heterocycles. The summed E-state index contributed by atoms with van der Waals surface area (Å²) >= 11 is 0. The van der Waals surface area contributed by atoms with E-state index in [0.717, 1.165) is 14.0 Å². The summed E-state index contributed by atoms with van der Waals surface area (Å²) in [7, 11) is 0.824. The summed E-state index contributed by atoms with van der Waals surface area (Å²) in [5.41, 5.74) is 0.863. The van der Waals surface area contributed by atoms with Crippen molar-refractivity contribution < 1.29 is 9.30 Å². The van der Waals surface area contributed by atoms with E-state index in [0.29, 0.717) is 0 Å². The third kappa shape index (κ3) is 1.02. The molecular formula is C4H5O2P. The molecule has 0 bridgehead atoms. The summed E-state index contributed by atoms with van der Waals surface area (Å²) in [5, 5.41) is 8.38. The van der Waals surface area contributed by atoms with Crippen molar-refractivity contribution in [3.63, 3.8) is 0 Å². The van der Waals surface area contributed by atoms with Crippen molar-refractivity contribution in [2.45, 2.75) is 6.61 Å². The first-order valence-corrected chi connectivity index (χ1v) is 2.81.